The summed E-state index contributed by atoms with van der Waals surface area (Å²) in [5.74, 6) is 4.58. The number of rotatable bonds is 10. The lowest BCUT2D eigenvalue weighted by molar-refractivity contribution is -0.137. The van der Waals surface area contributed by atoms with Gasteiger partial charge >= 0.3 is 5.97 Å². The molecule has 3 nitrogen and oxygen atoms in total. The van der Waals surface area contributed by atoms with Gasteiger partial charge < -0.3 is 9.84 Å². The van der Waals surface area contributed by atoms with Crippen LogP contribution in [0.2, 0.25) is 0 Å². The molecular weight excluding hydrogens is 420 g/mol. The Hall–Kier alpha value is -0.830. The fourth-order valence-electron chi connectivity index (χ4n) is 9.27. The Kier molecular flexibility index (Phi) is 8.22. The van der Waals surface area contributed by atoms with Crippen LogP contribution in [0.5, 0.6) is 0 Å². The molecule has 3 heteroatoms. The number of ether oxygens (including phenoxy) is 1. The molecule has 0 heterocycles. The van der Waals surface area contributed by atoms with Gasteiger partial charge in [0.05, 0.1) is 6.10 Å². The van der Waals surface area contributed by atoms with E-state index in [4.69, 9.17) is 9.84 Å². The lowest BCUT2D eigenvalue weighted by Gasteiger charge is -2.58. The predicted molar refractivity (Wildman–Crippen MR) is 140 cm³/mol. The minimum atomic E-state index is -0.718. The Labute approximate surface area is 209 Å². The van der Waals surface area contributed by atoms with Crippen LogP contribution in [-0.4, -0.2) is 23.8 Å². The predicted octanol–water partition coefficient (Wildman–Crippen LogP) is 8.28. The van der Waals surface area contributed by atoms with Gasteiger partial charge in [-0.05, 0) is 104 Å². The molecular formula is C31H52O3. The highest BCUT2D eigenvalue weighted by atomic mass is 16.5. The van der Waals surface area contributed by atoms with Gasteiger partial charge in [0.2, 0.25) is 0 Å². The molecule has 0 aromatic carbocycles. The second-order valence-electron chi connectivity index (χ2n) is 13.5. The number of allylic oxidation sites excluding steroid dienone is 1. The average molecular weight is 473 g/mol. The van der Waals surface area contributed by atoms with E-state index in [0.29, 0.717) is 30.0 Å². The highest BCUT2D eigenvalue weighted by Gasteiger charge is 2.59. The van der Waals surface area contributed by atoms with Crippen molar-refractivity contribution in [2.24, 2.45) is 46.3 Å². The summed E-state index contributed by atoms with van der Waals surface area (Å²) in [4.78, 5) is 10.8. The van der Waals surface area contributed by atoms with Gasteiger partial charge in [0.15, 0.2) is 0 Å². The highest BCUT2D eigenvalue weighted by Crippen LogP contribution is 2.67. The van der Waals surface area contributed by atoms with Gasteiger partial charge in [-0.25, -0.2) is 0 Å². The third-order valence-electron chi connectivity index (χ3n) is 11.1. The second-order valence-corrected chi connectivity index (χ2v) is 13.5. The zero-order chi connectivity index (χ0) is 24.5. The lowest BCUT2D eigenvalue weighted by Crippen LogP contribution is -2.51. The van der Waals surface area contributed by atoms with Crippen molar-refractivity contribution in [1.82, 2.24) is 0 Å². The van der Waals surface area contributed by atoms with E-state index < -0.39 is 5.97 Å². The van der Waals surface area contributed by atoms with E-state index in [1.54, 1.807) is 5.57 Å². The number of hydrogen-bond donors (Lipinski definition) is 1. The van der Waals surface area contributed by atoms with Gasteiger partial charge in [-0.3, -0.25) is 4.79 Å². The van der Waals surface area contributed by atoms with Crippen molar-refractivity contribution >= 4 is 5.97 Å². The molecule has 1 N–H and O–H groups in total. The molecule has 0 bridgehead atoms. The Morgan fingerprint density at radius 2 is 1.85 bits per heavy atom. The molecule has 0 aromatic rings. The zero-order valence-corrected chi connectivity index (χ0v) is 22.8. The van der Waals surface area contributed by atoms with Crippen LogP contribution in [0.1, 0.15) is 118 Å². The van der Waals surface area contributed by atoms with E-state index in [0.717, 1.165) is 48.3 Å². The molecule has 194 valence electrons. The topological polar surface area (TPSA) is 46.5 Å². The Morgan fingerprint density at radius 1 is 1.06 bits per heavy atom. The van der Waals surface area contributed by atoms with Crippen LogP contribution >= 0.6 is 0 Å². The number of carboxylic acid groups (broad SMARTS) is 1. The minimum Gasteiger partial charge on any atom is -0.481 e. The molecule has 8 atom stereocenters. The number of hydrogen-bond acceptors (Lipinski definition) is 2. The van der Waals surface area contributed by atoms with Crippen LogP contribution in [-0.2, 0) is 9.53 Å². The van der Waals surface area contributed by atoms with E-state index in [1.807, 2.05) is 0 Å². The Balaban J connectivity index is 1.38. The average Bonchev–Trinajstić information content (AvgIpc) is 3.13. The quantitative estimate of drug-likeness (QED) is 0.257. The summed E-state index contributed by atoms with van der Waals surface area (Å²) in [7, 11) is 0. The standard InChI is InChI=1S/C31H52O3/c1-21(2)8-6-9-22(3)26-13-14-27-25-12-11-23-20-24(34-19-7-10-29(32)33)15-17-30(23,4)28(25)16-18-31(26,27)5/h11,21-22,24-28H,6-10,12-20H2,1-5H3,(H,32,33)/t22-,24+,25+,26-,27+,28+,30+,31-/m1/s1. The molecule has 0 unspecified atom stereocenters. The zero-order valence-electron chi connectivity index (χ0n) is 22.8. The van der Waals surface area contributed by atoms with Crippen LogP contribution in [0.25, 0.3) is 0 Å². The summed E-state index contributed by atoms with van der Waals surface area (Å²) >= 11 is 0. The maximum Gasteiger partial charge on any atom is 0.303 e. The minimum absolute atomic E-state index is 0.217. The first-order valence-corrected chi connectivity index (χ1v) is 14.7. The molecule has 0 saturated heterocycles. The van der Waals surface area contributed by atoms with Crippen molar-refractivity contribution in [3.8, 4) is 0 Å². The van der Waals surface area contributed by atoms with Crippen LogP contribution in [0, 0.1) is 46.3 Å². The molecule has 0 aliphatic heterocycles. The molecule has 4 rings (SSSR count). The normalized spacial score (nSPS) is 40.3. The van der Waals surface area contributed by atoms with Crippen LogP contribution in [0.3, 0.4) is 0 Å². The van der Waals surface area contributed by atoms with Gasteiger partial charge in [0, 0.05) is 13.0 Å². The summed E-state index contributed by atoms with van der Waals surface area (Å²) in [6, 6.07) is 0. The third-order valence-corrected chi connectivity index (χ3v) is 11.1. The van der Waals surface area contributed by atoms with E-state index in [9.17, 15) is 4.79 Å². The molecule has 3 saturated carbocycles. The fraction of sp³-hybridized carbons (Fsp3) is 0.903. The van der Waals surface area contributed by atoms with Crippen LogP contribution in [0.4, 0.5) is 0 Å². The van der Waals surface area contributed by atoms with Crippen molar-refractivity contribution in [3.63, 3.8) is 0 Å². The van der Waals surface area contributed by atoms with Gasteiger partial charge in [0.25, 0.3) is 0 Å². The molecule has 0 radical (unpaired) electrons. The molecule has 3 fully saturated rings. The maximum atomic E-state index is 10.8. The van der Waals surface area contributed by atoms with Gasteiger partial charge in [-0.15, -0.1) is 0 Å². The molecule has 4 aliphatic rings. The maximum absolute atomic E-state index is 10.8. The monoisotopic (exact) mass is 472 g/mol. The summed E-state index contributed by atoms with van der Waals surface area (Å²) in [6.07, 6.45) is 18.5. The first-order valence-electron chi connectivity index (χ1n) is 14.7. The van der Waals surface area contributed by atoms with Crippen molar-refractivity contribution in [2.75, 3.05) is 6.61 Å². The molecule has 4 aliphatic carbocycles. The van der Waals surface area contributed by atoms with Gasteiger partial charge in [-0.1, -0.05) is 65.5 Å². The SMILES string of the molecule is CC(C)CCC[C@@H](C)[C@H]1CC[C@H]2[C@@H]3CC=C4C[C@@H](OCCCC(=O)O)CC[C@]4(C)[C@H]3CC[C@]12C. The first-order chi connectivity index (χ1) is 16.1. The number of fused-ring (bicyclic) bond motifs is 5. The first kappa shape index (κ1) is 26.2. The Morgan fingerprint density at radius 3 is 2.59 bits per heavy atom. The van der Waals surface area contributed by atoms with Gasteiger partial charge in [-0.2, -0.15) is 0 Å². The van der Waals surface area contributed by atoms with Crippen molar-refractivity contribution in [2.45, 2.75) is 124 Å². The molecule has 34 heavy (non-hydrogen) atoms. The van der Waals surface area contributed by atoms with E-state index in [2.05, 4.69) is 40.7 Å². The summed E-state index contributed by atoms with van der Waals surface area (Å²) in [6.45, 7) is 13.2. The lowest BCUT2D eigenvalue weighted by atomic mass is 9.47. The van der Waals surface area contributed by atoms with Crippen molar-refractivity contribution < 1.29 is 14.6 Å². The van der Waals surface area contributed by atoms with Crippen LogP contribution in [0.15, 0.2) is 11.6 Å². The van der Waals surface area contributed by atoms with Crippen molar-refractivity contribution in [1.29, 1.82) is 0 Å². The smallest absolute Gasteiger partial charge is 0.303 e. The molecule has 0 amide bonds. The van der Waals surface area contributed by atoms with E-state index in [1.165, 1.54) is 57.8 Å². The van der Waals surface area contributed by atoms with Crippen molar-refractivity contribution in [3.05, 3.63) is 11.6 Å². The fourth-order valence-corrected chi connectivity index (χ4v) is 9.27. The second kappa shape index (κ2) is 10.7. The number of carboxylic acids is 1. The summed E-state index contributed by atoms with van der Waals surface area (Å²) < 4.78 is 6.13. The number of aliphatic carboxylic acids is 1. The largest absolute Gasteiger partial charge is 0.481 e. The molecule has 0 spiro atoms. The Bertz CT molecular complexity index is 741. The highest BCUT2D eigenvalue weighted by molar-refractivity contribution is 5.66. The number of carbonyl (C=O) groups is 1. The van der Waals surface area contributed by atoms with E-state index in [-0.39, 0.29) is 6.42 Å². The molecule has 0 aromatic heterocycles. The van der Waals surface area contributed by atoms with E-state index >= 15 is 0 Å². The summed E-state index contributed by atoms with van der Waals surface area (Å²) in [5.41, 5.74) is 2.60. The summed E-state index contributed by atoms with van der Waals surface area (Å²) in [5, 5.41) is 8.87. The third kappa shape index (κ3) is 5.16. The van der Waals surface area contributed by atoms with Gasteiger partial charge in [0.1, 0.15) is 0 Å². The van der Waals surface area contributed by atoms with Crippen LogP contribution < -0.4 is 0 Å².